The standard InChI is InChI=1S/C22H20N6O2/c23-15-16-5-7-17(8-6-16)22-24-21(26-30-22)20-18-3-1-2-4-19(18)28(25-20)10-9-27-11-13-29-14-12-27/h1-8H,9-14H2. The molecule has 0 atom stereocenters. The Labute approximate surface area is 173 Å². The van der Waals surface area contributed by atoms with Crippen LogP contribution in [0.4, 0.5) is 0 Å². The lowest BCUT2D eigenvalue weighted by atomic mass is 10.1. The molecule has 8 heteroatoms. The van der Waals surface area contributed by atoms with Crippen molar-refractivity contribution in [3.8, 4) is 29.0 Å². The van der Waals surface area contributed by atoms with Crippen LogP contribution in [0.3, 0.4) is 0 Å². The molecule has 8 nitrogen and oxygen atoms in total. The highest BCUT2D eigenvalue weighted by Crippen LogP contribution is 2.28. The van der Waals surface area contributed by atoms with Gasteiger partial charge in [-0.05, 0) is 30.3 Å². The summed E-state index contributed by atoms with van der Waals surface area (Å²) in [6.45, 7) is 5.16. The van der Waals surface area contributed by atoms with Crippen LogP contribution in [0.2, 0.25) is 0 Å². The average molecular weight is 400 g/mol. The summed E-state index contributed by atoms with van der Waals surface area (Å²) in [5, 5.41) is 18.9. The quantitative estimate of drug-likeness (QED) is 0.508. The summed E-state index contributed by atoms with van der Waals surface area (Å²) < 4.78 is 12.9. The Morgan fingerprint density at radius 3 is 2.60 bits per heavy atom. The van der Waals surface area contributed by atoms with Gasteiger partial charge in [-0.3, -0.25) is 9.58 Å². The second-order valence-electron chi connectivity index (χ2n) is 7.16. The number of hydrogen-bond donors (Lipinski definition) is 0. The lowest BCUT2D eigenvalue weighted by Gasteiger charge is -2.26. The molecule has 1 fully saturated rings. The average Bonchev–Trinajstić information content (AvgIpc) is 3.44. The molecule has 1 aliphatic heterocycles. The third-order valence-electron chi connectivity index (χ3n) is 5.29. The maximum Gasteiger partial charge on any atom is 0.258 e. The molecule has 0 bridgehead atoms. The van der Waals surface area contributed by atoms with E-state index in [1.54, 1.807) is 24.3 Å². The van der Waals surface area contributed by atoms with Gasteiger partial charge in [0, 0.05) is 30.6 Å². The minimum atomic E-state index is 0.404. The summed E-state index contributed by atoms with van der Waals surface area (Å²) in [5.41, 5.74) is 3.11. The molecule has 3 heterocycles. The molecule has 0 aliphatic carbocycles. The van der Waals surface area contributed by atoms with Crippen LogP contribution in [0.1, 0.15) is 5.56 Å². The number of hydrogen-bond acceptors (Lipinski definition) is 7. The summed E-state index contributed by atoms with van der Waals surface area (Å²) >= 11 is 0. The molecule has 0 saturated carbocycles. The summed E-state index contributed by atoms with van der Waals surface area (Å²) in [5.74, 6) is 0.858. The van der Waals surface area contributed by atoms with Crippen molar-refractivity contribution in [3.05, 3.63) is 54.1 Å². The highest BCUT2D eigenvalue weighted by Gasteiger charge is 2.19. The van der Waals surface area contributed by atoms with Gasteiger partial charge in [0.2, 0.25) is 5.82 Å². The number of fused-ring (bicyclic) bond motifs is 1. The van der Waals surface area contributed by atoms with Crippen LogP contribution in [-0.4, -0.2) is 57.7 Å². The maximum atomic E-state index is 8.96. The minimum absolute atomic E-state index is 0.404. The Morgan fingerprint density at radius 1 is 1.00 bits per heavy atom. The van der Waals surface area contributed by atoms with Gasteiger partial charge in [-0.1, -0.05) is 23.4 Å². The third-order valence-corrected chi connectivity index (χ3v) is 5.29. The second kappa shape index (κ2) is 8.06. The van der Waals surface area contributed by atoms with Gasteiger partial charge in [-0.2, -0.15) is 15.3 Å². The Morgan fingerprint density at radius 2 is 1.80 bits per heavy atom. The number of rotatable bonds is 5. The van der Waals surface area contributed by atoms with Gasteiger partial charge in [0.1, 0.15) is 5.69 Å². The van der Waals surface area contributed by atoms with Crippen LogP contribution < -0.4 is 0 Å². The van der Waals surface area contributed by atoms with Gasteiger partial charge < -0.3 is 9.26 Å². The molecule has 2 aromatic carbocycles. The van der Waals surface area contributed by atoms with Crippen molar-refractivity contribution in [2.75, 3.05) is 32.8 Å². The van der Waals surface area contributed by atoms with Gasteiger partial charge in [-0.15, -0.1) is 0 Å². The normalized spacial score (nSPS) is 14.8. The molecule has 1 saturated heterocycles. The first kappa shape index (κ1) is 18.5. The summed E-state index contributed by atoms with van der Waals surface area (Å²) in [6.07, 6.45) is 0. The zero-order valence-corrected chi connectivity index (χ0v) is 16.4. The molecule has 30 heavy (non-hydrogen) atoms. The molecule has 1 aliphatic rings. The maximum absolute atomic E-state index is 8.96. The van der Waals surface area contributed by atoms with E-state index in [0.717, 1.165) is 55.9 Å². The van der Waals surface area contributed by atoms with Crippen LogP contribution in [0.5, 0.6) is 0 Å². The molecule has 0 spiro atoms. The SMILES string of the molecule is N#Cc1ccc(-c2nc(-c3nn(CCN4CCOCC4)c4ccccc34)no2)cc1. The zero-order chi connectivity index (χ0) is 20.3. The lowest BCUT2D eigenvalue weighted by molar-refractivity contribution is 0.0361. The first-order valence-electron chi connectivity index (χ1n) is 9.92. The molecule has 150 valence electrons. The van der Waals surface area contributed by atoms with Gasteiger partial charge in [0.05, 0.1) is 36.9 Å². The van der Waals surface area contributed by atoms with Crippen molar-refractivity contribution in [3.63, 3.8) is 0 Å². The first-order chi connectivity index (χ1) is 14.8. The molecule has 2 aromatic heterocycles. The first-order valence-corrected chi connectivity index (χ1v) is 9.92. The van der Waals surface area contributed by atoms with E-state index in [1.807, 2.05) is 22.9 Å². The number of morpholine rings is 1. The van der Waals surface area contributed by atoms with Gasteiger partial charge in [0.15, 0.2) is 0 Å². The monoisotopic (exact) mass is 400 g/mol. The fraction of sp³-hybridized carbons (Fsp3) is 0.273. The molecular formula is C22H20N6O2. The van der Waals surface area contributed by atoms with E-state index in [4.69, 9.17) is 19.6 Å². The number of para-hydroxylation sites is 1. The number of ether oxygens (including phenoxy) is 1. The number of benzene rings is 2. The highest BCUT2D eigenvalue weighted by molar-refractivity contribution is 5.91. The molecule has 0 unspecified atom stereocenters. The minimum Gasteiger partial charge on any atom is -0.379 e. The largest absolute Gasteiger partial charge is 0.379 e. The third kappa shape index (κ3) is 3.56. The molecule has 0 amide bonds. The molecule has 4 aromatic rings. The highest BCUT2D eigenvalue weighted by atomic mass is 16.5. The predicted molar refractivity (Wildman–Crippen MR) is 110 cm³/mol. The van der Waals surface area contributed by atoms with E-state index in [9.17, 15) is 0 Å². The van der Waals surface area contributed by atoms with Crippen LogP contribution in [0.25, 0.3) is 33.9 Å². The van der Waals surface area contributed by atoms with E-state index in [-0.39, 0.29) is 0 Å². The molecule has 0 radical (unpaired) electrons. The number of aromatic nitrogens is 4. The van der Waals surface area contributed by atoms with Crippen molar-refractivity contribution in [1.82, 2.24) is 24.8 Å². The van der Waals surface area contributed by atoms with Crippen molar-refractivity contribution >= 4 is 10.9 Å². The van der Waals surface area contributed by atoms with Crippen LogP contribution in [-0.2, 0) is 11.3 Å². The Kier molecular flexibility index (Phi) is 4.97. The van der Waals surface area contributed by atoms with E-state index in [0.29, 0.717) is 23.0 Å². The smallest absolute Gasteiger partial charge is 0.258 e. The molecule has 5 rings (SSSR count). The predicted octanol–water partition coefficient (Wildman–Crippen LogP) is 2.96. The fourth-order valence-electron chi connectivity index (χ4n) is 3.65. The Hall–Kier alpha value is -3.54. The van der Waals surface area contributed by atoms with Crippen LogP contribution in [0.15, 0.2) is 53.1 Å². The van der Waals surface area contributed by atoms with Crippen molar-refractivity contribution in [1.29, 1.82) is 5.26 Å². The summed E-state index contributed by atoms with van der Waals surface area (Å²) in [6, 6.07) is 17.3. The van der Waals surface area contributed by atoms with Gasteiger partial charge in [0.25, 0.3) is 5.89 Å². The van der Waals surface area contributed by atoms with E-state index in [2.05, 4.69) is 27.2 Å². The fourth-order valence-corrected chi connectivity index (χ4v) is 3.65. The van der Waals surface area contributed by atoms with Crippen LogP contribution in [0, 0.1) is 11.3 Å². The topological polar surface area (TPSA) is 93.0 Å². The van der Waals surface area contributed by atoms with Crippen molar-refractivity contribution < 1.29 is 9.26 Å². The molecule has 0 N–H and O–H groups in total. The van der Waals surface area contributed by atoms with E-state index in [1.165, 1.54) is 0 Å². The lowest BCUT2D eigenvalue weighted by Crippen LogP contribution is -2.38. The van der Waals surface area contributed by atoms with Crippen molar-refractivity contribution in [2.24, 2.45) is 0 Å². The number of nitrogens with zero attached hydrogens (tertiary/aromatic N) is 6. The zero-order valence-electron chi connectivity index (χ0n) is 16.4. The van der Waals surface area contributed by atoms with E-state index >= 15 is 0 Å². The summed E-state index contributed by atoms with van der Waals surface area (Å²) in [7, 11) is 0. The van der Waals surface area contributed by atoms with Crippen LogP contribution >= 0.6 is 0 Å². The van der Waals surface area contributed by atoms with Crippen molar-refractivity contribution in [2.45, 2.75) is 6.54 Å². The summed E-state index contributed by atoms with van der Waals surface area (Å²) in [4.78, 5) is 6.94. The Balaban J connectivity index is 1.44. The van der Waals surface area contributed by atoms with Gasteiger partial charge >= 0.3 is 0 Å². The molecular weight excluding hydrogens is 380 g/mol. The Bertz CT molecular complexity index is 1200. The van der Waals surface area contributed by atoms with Gasteiger partial charge in [-0.25, -0.2) is 0 Å². The second-order valence-corrected chi connectivity index (χ2v) is 7.16. The number of nitriles is 1. The van der Waals surface area contributed by atoms with E-state index < -0.39 is 0 Å².